The van der Waals surface area contributed by atoms with Crippen LogP contribution in [0.2, 0.25) is 5.02 Å². The Morgan fingerprint density at radius 2 is 1.96 bits per heavy atom. The van der Waals surface area contributed by atoms with Crippen LogP contribution < -0.4 is 10.6 Å². The van der Waals surface area contributed by atoms with E-state index < -0.39 is 17.8 Å². The molecule has 6 nitrogen and oxygen atoms in total. The average Bonchev–Trinajstić information content (AvgIpc) is 2.64. The maximum Gasteiger partial charge on any atom is 0.416 e. The Bertz CT molecular complexity index is 682. The van der Waals surface area contributed by atoms with Crippen LogP contribution >= 0.6 is 11.6 Å². The van der Waals surface area contributed by atoms with Crippen molar-refractivity contribution in [1.29, 1.82) is 0 Å². The van der Waals surface area contributed by atoms with E-state index in [1.807, 2.05) is 4.90 Å². The zero-order valence-corrected chi connectivity index (χ0v) is 15.9. The van der Waals surface area contributed by atoms with E-state index in [4.69, 9.17) is 21.5 Å². The van der Waals surface area contributed by atoms with Gasteiger partial charge in [-0.05, 0) is 50.4 Å². The fraction of sp³-hybridized carbons (Fsp3) is 0.556. The quantitative estimate of drug-likeness (QED) is 0.653. The van der Waals surface area contributed by atoms with Gasteiger partial charge in [0.05, 0.1) is 5.56 Å². The van der Waals surface area contributed by atoms with E-state index in [0.29, 0.717) is 13.0 Å². The second-order valence-electron chi connectivity index (χ2n) is 6.70. The molecule has 0 spiro atoms. The maximum atomic E-state index is 12.9. The van der Waals surface area contributed by atoms with E-state index in [1.165, 1.54) is 6.07 Å². The average molecular weight is 422 g/mol. The van der Waals surface area contributed by atoms with Gasteiger partial charge in [-0.15, -0.1) is 0 Å². The topological polar surface area (TPSA) is 81.7 Å². The lowest BCUT2D eigenvalue weighted by Crippen LogP contribution is -2.55. The van der Waals surface area contributed by atoms with Crippen molar-refractivity contribution in [2.24, 2.45) is 0 Å². The molecule has 2 atom stereocenters. The number of carbonyl (C=O) groups excluding carboxylic acids is 1. The van der Waals surface area contributed by atoms with Crippen LogP contribution in [0.15, 0.2) is 18.2 Å². The van der Waals surface area contributed by atoms with Crippen LogP contribution in [-0.4, -0.2) is 54.1 Å². The Hall–Kier alpha value is -2.00. The minimum absolute atomic E-state index is 0.00563. The van der Waals surface area contributed by atoms with Gasteiger partial charge in [0.25, 0.3) is 6.47 Å². The number of amides is 1. The number of carboxylic acid groups (broad SMARTS) is 1. The molecule has 0 bridgehead atoms. The van der Waals surface area contributed by atoms with Crippen molar-refractivity contribution in [1.82, 2.24) is 10.2 Å². The van der Waals surface area contributed by atoms with Crippen LogP contribution in [0.1, 0.15) is 31.2 Å². The SMILES string of the molecule is O=C1C(Nc2cc(Cl)cc(C(F)(F)F)c2)CCCN1C1CCCNC1.O=CO. The highest BCUT2D eigenvalue weighted by Crippen LogP contribution is 2.34. The molecule has 0 aromatic heterocycles. The number of alkyl halides is 3. The van der Waals surface area contributed by atoms with Crippen molar-refractivity contribution in [3.05, 3.63) is 28.8 Å². The zero-order valence-electron chi connectivity index (χ0n) is 15.1. The molecule has 0 saturated carbocycles. The smallest absolute Gasteiger partial charge is 0.416 e. The monoisotopic (exact) mass is 421 g/mol. The Morgan fingerprint density at radius 1 is 1.25 bits per heavy atom. The number of anilines is 1. The summed E-state index contributed by atoms with van der Waals surface area (Å²) in [4.78, 5) is 23.0. The number of nitrogens with zero attached hydrogens (tertiary/aromatic N) is 1. The summed E-state index contributed by atoms with van der Waals surface area (Å²) < 4.78 is 38.8. The third kappa shape index (κ3) is 6.00. The molecule has 10 heteroatoms. The van der Waals surface area contributed by atoms with Crippen molar-refractivity contribution in [3.63, 3.8) is 0 Å². The lowest BCUT2D eigenvalue weighted by Gasteiger charge is -2.40. The van der Waals surface area contributed by atoms with Gasteiger partial charge in [0, 0.05) is 29.8 Å². The molecule has 2 aliphatic heterocycles. The fourth-order valence-corrected chi connectivity index (χ4v) is 3.77. The first kappa shape index (κ1) is 22.3. The molecule has 1 aromatic carbocycles. The number of hydrogen-bond acceptors (Lipinski definition) is 4. The van der Waals surface area contributed by atoms with Gasteiger partial charge in [-0.1, -0.05) is 11.6 Å². The molecular formula is C18H23ClF3N3O3. The predicted molar refractivity (Wildman–Crippen MR) is 99.4 cm³/mol. The van der Waals surface area contributed by atoms with Crippen LogP contribution in [0.4, 0.5) is 18.9 Å². The summed E-state index contributed by atoms with van der Waals surface area (Å²) >= 11 is 5.82. The Kier molecular flexibility index (Phi) is 7.94. The van der Waals surface area contributed by atoms with Gasteiger partial charge in [-0.2, -0.15) is 13.2 Å². The molecule has 28 heavy (non-hydrogen) atoms. The lowest BCUT2D eigenvalue weighted by atomic mass is 9.98. The van der Waals surface area contributed by atoms with Crippen molar-refractivity contribution in [2.45, 2.75) is 43.9 Å². The molecule has 2 aliphatic rings. The van der Waals surface area contributed by atoms with Crippen molar-refractivity contribution < 1.29 is 27.9 Å². The highest BCUT2D eigenvalue weighted by Gasteiger charge is 2.35. The first-order valence-electron chi connectivity index (χ1n) is 8.99. The number of nitrogens with one attached hydrogen (secondary N) is 2. The molecular weight excluding hydrogens is 399 g/mol. The highest BCUT2D eigenvalue weighted by atomic mass is 35.5. The summed E-state index contributed by atoms with van der Waals surface area (Å²) in [6.45, 7) is 2.18. The fourth-order valence-electron chi connectivity index (χ4n) is 3.53. The normalized spacial score (nSPS) is 22.9. The molecule has 3 rings (SSSR count). The predicted octanol–water partition coefficient (Wildman–Crippen LogP) is 3.21. The first-order valence-corrected chi connectivity index (χ1v) is 9.37. The molecule has 2 saturated heterocycles. The number of likely N-dealkylation sites (tertiary alicyclic amines) is 1. The summed E-state index contributed by atoms with van der Waals surface area (Å²) in [6.07, 6.45) is -1.07. The van der Waals surface area contributed by atoms with E-state index in [9.17, 15) is 18.0 Å². The number of hydrogen-bond donors (Lipinski definition) is 3. The van der Waals surface area contributed by atoms with Crippen molar-refractivity contribution in [3.8, 4) is 0 Å². The summed E-state index contributed by atoms with van der Waals surface area (Å²) in [5.74, 6) is -0.0477. The van der Waals surface area contributed by atoms with Gasteiger partial charge < -0.3 is 20.6 Å². The van der Waals surface area contributed by atoms with E-state index in [0.717, 1.165) is 44.5 Å². The van der Waals surface area contributed by atoms with Crippen LogP contribution in [0, 0.1) is 0 Å². The molecule has 2 unspecified atom stereocenters. The van der Waals surface area contributed by atoms with E-state index in [2.05, 4.69) is 10.6 Å². The standard InChI is InChI=1S/C17H21ClF3N3O.CH2O2/c18-12-7-11(17(19,20)21)8-13(9-12)23-15-4-2-6-24(16(15)25)14-3-1-5-22-10-14;2-1-3/h7-9,14-15,22-23H,1-6,10H2;1H,(H,2,3). The Labute approximate surface area is 166 Å². The number of benzene rings is 1. The van der Waals surface area contributed by atoms with Gasteiger partial charge in [-0.3, -0.25) is 9.59 Å². The van der Waals surface area contributed by atoms with E-state index in [1.54, 1.807) is 0 Å². The number of halogens is 4. The number of piperidine rings is 2. The third-order valence-corrected chi connectivity index (χ3v) is 4.97. The van der Waals surface area contributed by atoms with Crippen molar-refractivity contribution in [2.75, 3.05) is 25.0 Å². The molecule has 156 valence electrons. The minimum atomic E-state index is -4.47. The van der Waals surface area contributed by atoms with E-state index in [-0.39, 0.29) is 29.1 Å². The Balaban J connectivity index is 0.000000878. The van der Waals surface area contributed by atoms with Crippen LogP contribution in [0.3, 0.4) is 0 Å². The first-order chi connectivity index (χ1) is 13.3. The molecule has 0 aliphatic carbocycles. The number of rotatable bonds is 3. The molecule has 3 N–H and O–H groups in total. The van der Waals surface area contributed by atoms with Crippen LogP contribution in [-0.2, 0) is 15.8 Å². The summed E-state index contributed by atoms with van der Waals surface area (Å²) in [5.41, 5.74) is -0.596. The van der Waals surface area contributed by atoms with Gasteiger partial charge in [0.15, 0.2) is 0 Å². The van der Waals surface area contributed by atoms with Gasteiger partial charge in [0.2, 0.25) is 5.91 Å². The van der Waals surface area contributed by atoms with Crippen molar-refractivity contribution >= 4 is 29.7 Å². The maximum absolute atomic E-state index is 12.9. The van der Waals surface area contributed by atoms with Crippen LogP contribution in [0.5, 0.6) is 0 Å². The van der Waals surface area contributed by atoms with Gasteiger partial charge in [-0.25, -0.2) is 0 Å². The van der Waals surface area contributed by atoms with Gasteiger partial charge >= 0.3 is 6.18 Å². The summed E-state index contributed by atoms with van der Waals surface area (Å²) in [6, 6.07) is 2.95. The zero-order chi connectivity index (χ0) is 20.7. The largest absolute Gasteiger partial charge is 0.483 e. The summed E-state index contributed by atoms with van der Waals surface area (Å²) in [5, 5.41) is 13.1. The molecule has 2 fully saturated rings. The second-order valence-corrected chi connectivity index (χ2v) is 7.14. The lowest BCUT2D eigenvalue weighted by molar-refractivity contribution is -0.137. The second kappa shape index (κ2) is 9.97. The molecule has 2 heterocycles. The minimum Gasteiger partial charge on any atom is -0.483 e. The van der Waals surface area contributed by atoms with Crippen LogP contribution in [0.25, 0.3) is 0 Å². The summed E-state index contributed by atoms with van der Waals surface area (Å²) in [7, 11) is 0. The molecule has 1 aromatic rings. The molecule has 1 amide bonds. The van der Waals surface area contributed by atoms with Gasteiger partial charge in [0.1, 0.15) is 6.04 Å². The number of carbonyl (C=O) groups is 2. The Morgan fingerprint density at radius 3 is 2.57 bits per heavy atom. The highest BCUT2D eigenvalue weighted by molar-refractivity contribution is 6.31. The van der Waals surface area contributed by atoms with E-state index >= 15 is 0 Å². The molecule has 0 radical (unpaired) electrons. The third-order valence-electron chi connectivity index (χ3n) is 4.75.